The predicted octanol–water partition coefficient (Wildman–Crippen LogP) is 2.88. The van der Waals surface area contributed by atoms with Gasteiger partial charge in [0.1, 0.15) is 10.6 Å². The van der Waals surface area contributed by atoms with Crippen molar-refractivity contribution in [3.63, 3.8) is 0 Å². The fraction of sp³-hybridized carbons (Fsp3) is 0.438. The lowest BCUT2D eigenvalue weighted by Gasteiger charge is -2.15. The van der Waals surface area contributed by atoms with Gasteiger partial charge in [-0.15, -0.1) is 0 Å². The highest BCUT2D eigenvalue weighted by atomic mass is 32.2. The molecule has 1 aromatic carbocycles. The van der Waals surface area contributed by atoms with Gasteiger partial charge in [-0.25, -0.2) is 13.1 Å². The Morgan fingerprint density at radius 3 is 2.61 bits per heavy atom. The third-order valence-electron chi connectivity index (χ3n) is 4.04. The minimum atomic E-state index is -3.60. The molecule has 0 unspecified atom stereocenters. The smallest absolute Gasteiger partial charge is 0.244 e. The summed E-state index contributed by atoms with van der Waals surface area (Å²) in [6.07, 6.45) is 3.90. The van der Waals surface area contributed by atoms with E-state index in [1.54, 1.807) is 24.3 Å². The van der Waals surface area contributed by atoms with Crippen molar-refractivity contribution in [1.29, 1.82) is 0 Å². The molecule has 1 N–H and O–H groups in total. The number of aryl methyl sites for hydroxylation is 1. The Bertz CT molecular complexity index is 792. The first-order chi connectivity index (χ1) is 11.0. The van der Waals surface area contributed by atoms with Crippen molar-refractivity contribution < 1.29 is 17.7 Å². The fourth-order valence-electron chi connectivity index (χ4n) is 2.87. The van der Waals surface area contributed by atoms with Crippen LogP contribution in [0.5, 0.6) is 5.75 Å². The lowest BCUT2D eigenvalue weighted by atomic mass is 10.1. The summed E-state index contributed by atoms with van der Waals surface area (Å²) < 4.78 is 38.4. The first kappa shape index (κ1) is 16.0. The van der Waals surface area contributed by atoms with Crippen molar-refractivity contribution in [2.45, 2.75) is 43.5 Å². The van der Waals surface area contributed by atoms with E-state index in [-0.39, 0.29) is 10.9 Å². The SMILES string of the molecule is COc1cc(-c2cc(C)no2)ccc1S(=O)(=O)NC1CCCC1. The number of benzene rings is 1. The molecule has 7 heteroatoms. The van der Waals surface area contributed by atoms with Crippen LogP contribution in [0, 0.1) is 6.92 Å². The van der Waals surface area contributed by atoms with Gasteiger partial charge in [0.2, 0.25) is 10.0 Å². The number of hydrogen-bond acceptors (Lipinski definition) is 5. The van der Waals surface area contributed by atoms with E-state index in [1.165, 1.54) is 7.11 Å². The summed E-state index contributed by atoms with van der Waals surface area (Å²) in [5.74, 6) is 0.871. The molecule has 3 rings (SSSR count). The molecule has 0 saturated heterocycles. The summed E-state index contributed by atoms with van der Waals surface area (Å²) in [7, 11) is -2.14. The Kier molecular flexibility index (Phi) is 4.41. The number of aromatic nitrogens is 1. The van der Waals surface area contributed by atoms with Crippen molar-refractivity contribution in [2.24, 2.45) is 0 Å². The van der Waals surface area contributed by atoms with Gasteiger partial charge in [-0.3, -0.25) is 0 Å². The van der Waals surface area contributed by atoms with Crippen LogP contribution in [0.15, 0.2) is 33.7 Å². The highest BCUT2D eigenvalue weighted by Crippen LogP contribution is 2.31. The molecule has 1 aromatic heterocycles. The Balaban J connectivity index is 1.92. The number of hydrogen-bond donors (Lipinski definition) is 1. The molecular formula is C16H20N2O4S. The van der Waals surface area contributed by atoms with Crippen LogP contribution in [0.2, 0.25) is 0 Å². The van der Waals surface area contributed by atoms with Crippen molar-refractivity contribution in [2.75, 3.05) is 7.11 Å². The standard InChI is InChI=1S/C16H20N2O4S/c1-11-9-14(22-17-11)12-7-8-16(15(10-12)21-2)23(19,20)18-13-5-3-4-6-13/h7-10,13,18H,3-6H2,1-2H3. The number of rotatable bonds is 5. The molecule has 0 aliphatic heterocycles. The molecule has 2 aromatic rings. The van der Waals surface area contributed by atoms with Crippen LogP contribution in [0.1, 0.15) is 31.4 Å². The Morgan fingerprint density at radius 1 is 1.26 bits per heavy atom. The second-order valence-corrected chi connectivity index (χ2v) is 7.48. The van der Waals surface area contributed by atoms with Gasteiger partial charge in [0.25, 0.3) is 0 Å². The van der Waals surface area contributed by atoms with Gasteiger partial charge in [-0.05, 0) is 38.0 Å². The van der Waals surface area contributed by atoms with Gasteiger partial charge in [0, 0.05) is 17.7 Å². The van der Waals surface area contributed by atoms with E-state index in [9.17, 15) is 8.42 Å². The van der Waals surface area contributed by atoms with Crippen LogP contribution in [-0.2, 0) is 10.0 Å². The van der Waals surface area contributed by atoms with Gasteiger partial charge in [0.05, 0.1) is 12.8 Å². The first-order valence-corrected chi connectivity index (χ1v) is 9.12. The van der Waals surface area contributed by atoms with E-state index in [0.717, 1.165) is 36.9 Å². The Labute approximate surface area is 135 Å². The van der Waals surface area contributed by atoms with Gasteiger partial charge >= 0.3 is 0 Å². The normalized spacial score (nSPS) is 15.9. The van der Waals surface area contributed by atoms with Gasteiger partial charge in [0.15, 0.2) is 5.76 Å². The molecule has 0 amide bonds. The fourth-order valence-corrected chi connectivity index (χ4v) is 4.32. The van der Waals surface area contributed by atoms with Crippen LogP contribution in [0.4, 0.5) is 0 Å². The van der Waals surface area contributed by atoms with Gasteiger partial charge in [-0.2, -0.15) is 0 Å². The molecule has 1 aliphatic carbocycles. The van der Waals surface area contributed by atoms with Crippen molar-refractivity contribution >= 4 is 10.0 Å². The van der Waals surface area contributed by atoms with E-state index in [1.807, 2.05) is 6.92 Å². The second kappa shape index (κ2) is 6.33. The molecule has 0 radical (unpaired) electrons. The van der Waals surface area contributed by atoms with Crippen molar-refractivity contribution in [3.05, 3.63) is 30.0 Å². The predicted molar refractivity (Wildman–Crippen MR) is 85.8 cm³/mol. The number of ether oxygens (including phenoxy) is 1. The van der Waals surface area contributed by atoms with Crippen molar-refractivity contribution in [3.8, 4) is 17.1 Å². The summed E-state index contributed by atoms with van der Waals surface area (Å²) in [6, 6.07) is 6.71. The minimum absolute atomic E-state index is 0.0151. The maximum atomic E-state index is 12.6. The highest BCUT2D eigenvalue weighted by Gasteiger charge is 2.26. The van der Waals surface area contributed by atoms with Crippen molar-refractivity contribution in [1.82, 2.24) is 9.88 Å². The topological polar surface area (TPSA) is 81.4 Å². The zero-order chi connectivity index (χ0) is 16.4. The van der Waals surface area contributed by atoms with E-state index in [4.69, 9.17) is 9.26 Å². The summed E-state index contributed by atoms with van der Waals surface area (Å²) in [6.45, 7) is 1.83. The number of sulfonamides is 1. The lowest BCUT2D eigenvalue weighted by molar-refractivity contribution is 0.401. The largest absolute Gasteiger partial charge is 0.495 e. The molecule has 0 spiro atoms. The van der Waals surface area contributed by atoms with Crippen LogP contribution in [-0.4, -0.2) is 26.7 Å². The number of nitrogens with one attached hydrogen (secondary N) is 1. The third-order valence-corrected chi connectivity index (χ3v) is 5.60. The summed E-state index contributed by atoms with van der Waals surface area (Å²) >= 11 is 0. The van der Waals surface area contributed by atoms with E-state index in [2.05, 4.69) is 9.88 Å². The third kappa shape index (κ3) is 3.40. The van der Waals surface area contributed by atoms with E-state index < -0.39 is 10.0 Å². The average molecular weight is 336 g/mol. The molecule has 0 atom stereocenters. The van der Waals surface area contributed by atoms with Gasteiger partial charge < -0.3 is 9.26 Å². The maximum absolute atomic E-state index is 12.6. The maximum Gasteiger partial charge on any atom is 0.244 e. The second-order valence-electron chi connectivity index (χ2n) is 5.80. The van der Waals surface area contributed by atoms with Crippen LogP contribution in [0.25, 0.3) is 11.3 Å². The molecule has 6 nitrogen and oxygen atoms in total. The average Bonchev–Trinajstić information content (AvgIpc) is 3.17. The van der Waals surface area contributed by atoms with Crippen LogP contribution >= 0.6 is 0 Å². The molecule has 0 bridgehead atoms. The first-order valence-electron chi connectivity index (χ1n) is 7.63. The summed E-state index contributed by atoms with van der Waals surface area (Å²) in [4.78, 5) is 0.145. The minimum Gasteiger partial charge on any atom is -0.495 e. The van der Waals surface area contributed by atoms with E-state index in [0.29, 0.717) is 11.5 Å². The van der Waals surface area contributed by atoms with Gasteiger partial charge in [-0.1, -0.05) is 18.0 Å². The Morgan fingerprint density at radius 2 is 2.00 bits per heavy atom. The zero-order valence-electron chi connectivity index (χ0n) is 13.2. The number of nitrogens with zero attached hydrogens (tertiary/aromatic N) is 1. The quantitative estimate of drug-likeness (QED) is 0.908. The molecule has 23 heavy (non-hydrogen) atoms. The number of methoxy groups -OCH3 is 1. The monoisotopic (exact) mass is 336 g/mol. The lowest BCUT2D eigenvalue weighted by Crippen LogP contribution is -2.32. The van der Waals surface area contributed by atoms with Crippen LogP contribution < -0.4 is 9.46 Å². The molecule has 1 heterocycles. The molecular weight excluding hydrogens is 316 g/mol. The molecule has 1 aliphatic rings. The summed E-state index contributed by atoms with van der Waals surface area (Å²) in [5, 5.41) is 3.84. The summed E-state index contributed by atoms with van der Waals surface area (Å²) in [5.41, 5.74) is 1.49. The molecule has 124 valence electrons. The van der Waals surface area contributed by atoms with Crippen LogP contribution in [0.3, 0.4) is 0 Å². The Hall–Kier alpha value is -1.86. The molecule has 1 saturated carbocycles. The zero-order valence-corrected chi connectivity index (χ0v) is 14.0. The highest BCUT2D eigenvalue weighted by molar-refractivity contribution is 7.89. The van der Waals surface area contributed by atoms with E-state index >= 15 is 0 Å². The molecule has 1 fully saturated rings.